The second-order valence-corrected chi connectivity index (χ2v) is 5.32. The number of rotatable bonds is 6. The molecule has 1 aromatic heterocycles. The number of aldehydes is 1. The molecule has 0 unspecified atom stereocenters. The highest BCUT2D eigenvalue weighted by molar-refractivity contribution is 7.19. The minimum absolute atomic E-state index is 0.673. The number of hydrogen-bond acceptors (Lipinski definition) is 6. The highest BCUT2D eigenvalue weighted by Gasteiger charge is 2.13. The molecule has 1 aromatic rings. The van der Waals surface area contributed by atoms with Gasteiger partial charge in [-0.3, -0.25) is 4.79 Å². The minimum atomic E-state index is 0.673. The molecule has 1 aliphatic heterocycles. The lowest BCUT2D eigenvalue weighted by Crippen LogP contribution is -2.20. The average Bonchev–Trinajstić information content (AvgIpc) is 2.88. The Kier molecular flexibility index (Phi) is 4.70. The number of nitrogens with two attached hydrogens (primary N) is 1. The van der Waals surface area contributed by atoms with E-state index in [4.69, 9.17) is 5.73 Å². The van der Waals surface area contributed by atoms with Crippen molar-refractivity contribution in [1.82, 2.24) is 4.98 Å². The molecule has 2 heterocycles. The Labute approximate surface area is 116 Å². The van der Waals surface area contributed by atoms with Gasteiger partial charge in [-0.15, -0.1) is 0 Å². The third-order valence-corrected chi connectivity index (χ3v) is 3.90. The van der Waals surface area contributed by atoms with Gasteiger partial charge in [0.1, 0.15) is 5.00 Å². The third kappa shape index (κ3) is 3.42. The topological polar surface area (TPSA) is 71.2 Å². The molecule has 0 spiro atoms. The molecule has 0 saturated heterocycles. The Morgan fingerprint density at radius 1 is 1.63 bits per heavy atom. The van der Waals surface area contributed by atoms with E-state index in [2.05, 4.69) is 10.3 Å². The van der Waals surface area contributed by atoms with Crippen molar-refractivity contribution in [3.8, 4) is 0 Å². The van der Waals surface area contributed by atoms with Crippen molar-refractivity contribution in [2.24, 2.45) is 5.73 Å². The molecular formula is C13H18N4OS. The van der Waals surface area contributed by atoms with Crippen LogP contribution in [0.4, 0.5) is 10.1 Å². The van der Waals surface area contributed by atoms with E-state index in [1.54, 1.807) is 11.3 Å². The summed E-state index contributed by atoms with van der Waals surface area (Å²) in [6.07, 6.45) is 7.56. The Bertz CT molecular complexity index is 506. The van der Waals surface area contributed by atoms with Gasteiger partial charge in [0, 0.05) is 24.9 Å². The van der Waals surface area contributed by atoms with E-state index in [1.165, 1.54) is 0 Å². The van der Waals surface area contributed by atoms with E-state index < -0.39 is 0 Å². The van der Waals surface area contributed by atoms with Crippen LogP contribution in [0.25, 0.3) is 0 Å². The summed E-state index contributed by atoms with van der Waals surface area (Å²) in [5.41, 5.74) is 7.19. The predicted octanol–water partition coefficient (Wildman–Crippen LogP) is 1.75. The molecule has 0 radical (unpaired) electrons. The van der Waals surface area contributed by atoms with Gasteiger partial charge in [-0.25, -0.2) is 4.98 Å². The third-order valence-electron chi connectivity index (χ3n) is 2.91. The minimum Gasteiger partial charge on any atom is -0.361 e. The van der Waals surface area contributed by atoms with Gasteiger partial charge in [-0.1, -0.05) is 17.4 Å². The number of allylic oxidation sites excluding steroid dienone is 2. The molecule has 102 valence electrons. The van der Waals surface area contributed by atoms with Gasteiger partial charge in [0.25, 0.3) is 0 Å². The van der Waals surface area contributed by atoms with Crippen LogP contribution in [0.2, 0.25) is 0 Å². The largest absolute Gasteiger partial charge is 0.361 e. The van der Waals surface area contributed by atoms with E-state index >= 15 is 0 Å². The maximum Gasteiger partial charge on any atom is 0.184 e. The lowest BCUT2D eigenvalue weighted by Gasteiger charge is -2.21. The SMILES string of the molecule is CC1=CCN(c2cnc(NCCCN)s2)C=C1C=O. The van der Waals surface area contributed by atoms with E-state index in [9.17, 15) is 4.79 Å². The Balaban J connectivity index is 2.03. The van der Waals surface area contributed by atoms with Crippen LogP contribution in [0.1, 0.15) is 13.3 Å². The fourth-order valence-corrected chi connectivity index (χ4v) is 2.56. The number of thiazole rings is 1. The second-order valence-electron chi connectivity index (χ2n) is 4.31. The maximum atomic E-state index is 11.0. The molecule has 0 fully saturated rings. The molecule has 0 bridgehead atoms. The first-order valence-corrected chi connectivity index (χ1v) is 7.07. The zero-order valence-corrected chi connectivity index (χ0v) is 11.7. The van der Waals surface area contributed by atoms with Crippen molar-refractivity contribution in [2.45, 2.75) is 13.3 Å². The van der Waals surface area contributed by atoms with Gasteiger partial charge in [-0.05, 0) is 25.5 Å². The molecule has 0 saturated carbocycles. The number of carbonyl (C=O) groups is 1. The number of nitrogens with one attached hydrogen (secondary N) is 1. The summed E-state index contributed by atoms with van der Waals surface area (Å²) >= 11 is 1.58. The lowest BCUT2D eigenvalue weighted by atomic mass is 10.1. The van der Waals surface area contributed by atoms with Crippen LogP contribution >= 0.6 is 11.3 Å². The first-order chi connectivity index (χ1) is 9.24. The molecule has 5 nitrogen and oxygen atoms in total. The highest BCUT2D eigenvalue weighted by Crippen LogP contribution is 2.29. The molecule has 6 heteroatoms. The van der Waals surface area contributed by atoms with E-state index in [1.807, 2.05) is 30.3 Å². The Morgan fingerprint density at radius 3 is 3.21 bits per heavy atom. The summed E-state index contributed by atoms with van der Waals surface area (Å²) in [6.45, 7) is 4.22. The first kappa shape index (κ1) is 13.8. The van der Waals surface area contributed by atoms with Crippen LogP contribution in [-0.4, -0.2) is 30.9 Å². The van der Waals surface area contributed by atoms with Crippen molar-refractivity contribution in [3.63, 3.8) is 0 Å². The number of aromatic nitrogens is 1. The molecule has 0 amide bonds. The van der Waals surface area contributed by atoms with Crippen LogP contribution in [0.5, 0.6) is 0 Å². The van der Waals surface area contributed by atoms with Crippen molar-refractivity contribution in [2.75, 3.05) is 29.9 Å². The summed E-state index contributed by atoms with van der Waals surface area (Å²) in [5, 5.41) is 5.15. The smallest absolute Gasteiger partial charge is 0.184 e. The van der Waals surface area contributed by atoms with Crippen LogP contribution in [0.3, 0.4) is 0 Å². The maximum absolute atomic E-state index is 11.0. The summed E-state index contributed by atoms with van der Waals surface area (Å²) in [5.74, 6) is 0. The van der Waals surface area contributed by atoms with Crippen molar-refractivity contribution < 1.29 is 4.79 Å². The molecule has 0 aliphatic carbocycles. The van der Waals surface area contributed by atoms with Gasteiger partial charge >= 0.3 is 0 Å². The number of carbonyl (C=O) groups excluding carboxylic acids is 1. The quantitative estimate of drug-likeness (QED) is 0.613. The van der Waals surface area contributed by atoms with Gasteiger partial charge < -0.3 is 16.0 Å². The van der Waals surface area contributed by atoms with Crippen LogP contribution in [0, 0.1) is 0 Å². The van der Waals surface area contributed by atoms with Crippen LogP contribution < -0.4 is 16.0 Å². The monoisotopic (exact) mass is 278 g/mol. The van der Waals surface area contributed by atoms with E-state index in [0.717, 1.165) is 47.1 Å². The normalized spacial score (nSPS) is 14.9. The molecule has 19 heavy (non-hydrogen) atoms. The molecule has 2 rings (SSSR count). The van der Waals surface area contributed by atoms with Crippen molar-refractivity contribution >= 4 is 27.8 Å². The Hall–Kier alpha value is -1.66. The number of hydrogen-bond donors (Lipinski definition) is 2. The molecular weight excluding hydrogens is 260 g/mol. The second kappa shape index (κ2) is 6.49. The van der Waals surface area contributed by atoms with Crippen molar-refractivity contribution in [1.29, 1.82) is 0 Å². The molecule has 3 N–H and O–H groups in total. The van der Waals surface area contributed by atoms with Crippen molar-refractivity contribution in [3.05, 3.63) is 29.6 Å². The Morgan fingerprint density at radius 2 is 2.47 bits per heavy atom. The van der Waals surface area contributed by atoms with E-state index in [0.29, 0.717) is 6.54 Å². The number of anilines is 2. The van der Waals surface area contributed by atoms with Gasteiger partial charge in [0.05, 0.1) is 6.20 Å². The van der Waals surface area contributed by atoms with E-state index in [-0.39, 0.29) is 0 Å². The average molecular weight is 278 g/mol. The van der Waals surface area contributed by atoms with Gasteiger partial charge in [0.15, 0.2) is 11.4 Å². The van der Waals surface area contributed by atoms with Crippen LogP contribution in [-0.2, 0) is 4.79 Å². The summed E-state index contributed by atoms with van der Waals surface area (Å²) in [7, 11) is 0. The molecule has 0 atom stereocenters. The lowest BCUT2D eigenvalue weighted by molar-refractivity contribution is -0.104. The predicted molar refractivity (Wildman–Crippen MR) is 79.5 cm³/mol. The standard InChI is InChI=1S/C13H18N4OS/c1-10-3-6-17(8-11(10)9-18)12-7-16-13(19-12)15-5-2-4-14/h3,7-9H,2,4-6,14H2,1H3,(H,15,16). The van der Waals surface area contributed by atoms with Gasteiger partial charge in [0.2, 0.25) is 0 Å². The zero-order chi connectivity index (χ0) is 13.7. The molecule has 1 aliphatic rings. The fourth-order valence-electron chi connectivity index (χ4n) is 1.73. The number of nitrogens with zero attached hydrogens (tertiary/aromatic N) is 2. The highest BCUT2D eigenvalue weighted by atomic mass is 32.1. The molecule has 0 aromatic carbocycles. The van der Waals surface area contributed by atoms with Gasteiger partial charge in [-0.2, -0.15) is 0 Å². The van der Waals surface area contributed by atoms with Crippen LogP contribution in [0.15, 0.2) is 29.6 Å². The summed E-state index contributed by atoms with van der Waals surface area (Å²) < 4.78 is 0. The summed E-state index contributed by atoms with van der Waals surface area (Å²) in [6, 6.07) is 0. The first-order valence-electron chi connectivity index (χ1n) is 6.25. The fraction of sp³-hybridized carbons (Fsp3) is 0.385. The summed E-state index contributed by atoms with van der Waals surface area (Å²) in [4.78, 5) is 17.3. The zero-order valence-electron chi connectivity index (χ0n) is 10.9.